The van der Waals surface area contributed by atoms with Crippen molar-refractivity contribution in [3.8, 4) is 5.75 Å². The number of carbonyl (C=O) groups excluding carboxylic acids is 1. The van der Waals surface area contributed by atoms with Gasteiger partial charge in [-0.15, -0.1) is 11.3 Å². The Morgan fingerprint density at radius 1 is 1.56 bits per heavy atom. The van der Waals surface area contributed by atoms with Crippen molar-refractivity contribution in [3.05, 3.63) is 16.3 Å². The van der Waals surface area contributed by atoms with Crippen LogP contribution in [0, 0.1) is 0 Å². The molecule has 0 spiro atoms. The number of hydrogen-bond donors (Lipinski definition) is 2. The fourth-order valence-electron chi connectivity index (χ4n) is 1.11. The molecule has 0 aliphatic heterocycles. The highest BCUT2D eigenvalue weighted by atomic mass is 32.1. The molecule has 1 aromatic rings. The molecule has 0 aliphatic carbocycles. The Hall–Kier alpha value is -1.56. The highest BCUT2D eigenvalue weighted by Crippen LogP contribution is 2.24. The van der Waals surface area contributed by atoms with Gasteiger partial charge in [0, 0.05) is 13.5 Å². The Morgan fingerprint density at radius 3 is 2.94 bits per heavy atom. The number of amides is 1. The molecule has 0 unspecified atom stereocenters. The van der Waals surface area contributed by atoms with Gasteiger partial charge in [0.25, 0.3) is 0 Å². The van der Waals surface area contributed by atoms with Crippen molar-refractivity contribution < 1.29 is 19.4 Å². The number of aromatic carboxylic acids is 1. The van der Waals surface area contributed by atoms with Crippen molar-refractivity contribution in [2.75, 3.05) is 13.7 Å². The fraction of sp³-hybridized carbons (Fsp3) is 0.400. The van der Waals surface area contributed by atoms with E-state index in [2.05, 4.69) is 5.32 Å². The summed E-state index contributed by atoms with van der Waals surface area (Å²) in [5, 5.41) is 13.0. The van der Waals surface area contributed by atoms with E-state index in [0.717, 1.165) is 11.3 Å². The van der Waals surface area contributed by atoms with Crippen LogP contribution in [0.3, 0.4) is 0 Å². The smallest absolute Gasteiger partial charge is 0.349 e. The summed E-state index contributed by atoms with van der Waals surface area (Å²) in [6, 6.07) is 1.62. The molecule has 1 aromatic heterocycles. The third-order valence-corrected chi connectivity index (χ3v) is 2.79. The Bertz CT molecular complexity index is 375. The molecular weight excluding hydrogens is 230 g/mol. The number of carbonyl (C=O) groups is 2. The summed E-state index contributed by atoms with van der Waals surface area (Å²) in [5.74, 6) is -0.668. The van der Waals surface area contributed by atoms with Gasteiger partial charge in [-0.05, 0) is 17.9 Å². The van der Waals surface area contributed by atoms with Gasteiger partial charge in [-0.25, -0.2) is 4.79 Å². The van der Waals surface area contributed by atoms with E-state index in [4.69, 9.17) is 9.84 Å². The highest BCUT2D eigenvalue weighted by molar-refractivity contribution is 7.12. The van der Waals surface area contributed by atoms with Gasteiger partial charge < -0.3 is 15.2 Å². The predicted molar refractivity (Wildman–Crippen MR) is 60.1 cm³/mol. The van der Waals surface area contributed by atoms with Crippen molar-refractivity contribution in [2.24, 2.45) is 0 Å². The minimum absolute atomic E-state index is 0.0487. The lowest BCUT2D eigenvalue weighted by Crippen LogP contribution is -2.18. The Morgan fingerprint density at radius 2 is 2.31 bits per heavy atom. The largest absolute Gasteiger partial charge is 0.492 e. The second-order valence-electron chi connectivity index (χ2n) is 3.04. The minimum Gasteiger partial charge on any atom is -0.492 e. The molecule has 0 saturated carbocycles. The van der Waals surface area contributed by atoms with Gasteiger partial charge in [0.1, 0.15) is 5.75 Å². The van der Waals surface area contributed by atoms with Crippen LogP contribution >= 0.6 is 11.3 Å². The van der Waals surface area contributed by atoms with Crippen molar-refractivity contribution in [2.45, 2.75) is 12.8 Å². The van der Waals surface area contributed by atoms with Crippen LogP contribution in [0.5, 0.6) is 5.75 Å². The standard InChI is InChI=1S/C10H13NO4S/c1-11-8(12)3-2-5-15-7-4-6-16-9(7)10(13)14/h4,6H,2-3,5H2,1H3,(H,11,12)(H,13,14). The van der Waals surface area contributed by atoms with E-state index < -0.39 is 5.97 Å². The number of rotatable bonds is 6. The third-order valence-electron chi connectivity index (χ3n) is 1.91. The van der Waals surface area contributed by atoms with Gasteiger partial charge in [-0.2, -0.15) is 0 Å². The summed E-state index contributed by atoms with van der Waals surface area (Å²) in [5.41, 5.74) is 0. The van der Waals surface area contributed by atoms with E-state index in [-0.39, 0.29) is 10.8 Å². The average Bonchev–Trinajstić information content (AvgIpc) is 2.72. The first-order chi connectivity index (χ1) is 7.65. The topological polar surface area (TPSA) is 75.6 Å². The molecule has 0 aliphatic rings. The average molecular weight is 243 g/mol. The van der Waals surface area contributed by atoms with Crippen LogP contribution in [0.1, 0.15) is 22.5 Å². The normalized spacial score (nSPS) is 9.81. The molecule has 1 rings (SSSR count). The van der Waals surface area contributed by atoms with E-state index in [1.165, 1.54) is 0 Å². The Kier molecular flexibility index (Phi) is 4.78. The minimum atomic E-state index is -0.990. The van der Waals surface area contributed by atoms with E-state index >= 15 is 0 Å². The van der Waals surface area contributed by atoms with Crippen molar-refractivity contribution in [3.63, 3.8) is 0 Å². The van der Waals surface area contributed by atoms with Crippen LogP contribution in [0.25, 0.3) is 0 Å². The second kappa shape index (κ2) is 6.12. The molecule has 1 heterocycles. The Labute approximate surface area is 97.0 Å². The van der Waals surface area contributed by atoms with E-state index in [1.54, 1.807) is 18.5 Å². The van der Waals surface area contributed by atoms with Gasteiger partial charge in [0.15, 0.2) is 4.88 Å². The SMILES string of the molecule is CNC(=O)CCCOc1ccsc1C(=O)O. The van der Waals surface area contributed by atoms with Crippen LogP contribution in [0.2, 0.25) is 0 Å². The van der Waals surface area contributed by atoms with Crippen LogP contribution in [0.15, 0.2) is 11.4 Å². The highest BCUT2D eigenvalue weighted by Gasteiger charge is 2.12. The van der Waals surface area contributed by atoms with Gasteiger partial charge in [0.05, 0.1) is 6.61 Å². The van der Waals surface area contributed by atoms with Crippen molar-refractivity contribution in [1.82, 2.24) is 5.32 Å². The molecule has 0 bridgehead atoms. The van der Waals surface area contributed by atoms with Crippen molar-refractivity contribution >= 4 is 23.2 Å². The molecule has 2 N–H and O–H groups in total. The molecule has 0 saturated heterocycles. The van der Waals surface area contributed by atoms with E-state index in [0.29, 0.717) is 25.2 Å². The summed E-state index contributed by atoms with van der Waals surface area (Å²) in [7, 11) is 1.57. The van der Waals surface area contributed by atoms with Crippen molar-refractivity contribution in [1.29, 1.82) is 0 Å². The maximum Gasteiger partial charge on any atom is 0.349 e. The van der Waals surface area contributed by atoms with E-state index in [1.807, 2.05) is 0 Å². The second-order valence-corrected chi connectivity index (χ2v) is 3.96. The zero-order chi connectivity index (χ0) is 12.0. The summed E-state index contributed by atoms with van der Waals surface area (Å²) >= 11 is 1.12. The first-order valence-electron chi connectivity index (χ1n) is 4.79. The maximum atomic E-state index is 10.9. The number of carboxylic acids is 1. The lowest BCUT2D eigenvalue weighted by molar-refractivity contribution is -0.120. The maximum absolute atomic E-state index is 10.9. The monoisotopic (exact) mass is 243 g/mol. The molecule has 0 fully saturated rings. The zero-order valence-electron chi connectivity index (χ0n) is 8.86. The summed E-state index contributed by atoms with van der Waals surface area (Å²) in [6.07, 6.45) is 0.942. The number of nitrogens with one attached hydrogen (secondary N) is 1. The lowest BCUT2D eigenvalue weighted by atomic mass is 10.3. The van der Waals surface area contributed by atoms with Gasteiger partial charge in [-0.3, -0.25) is 4.79 Å². The van der Waals surface area contributed by atoms with Gasteiger partial charge in [0.2, 0.25) is 5.91 Å². The molecule has 0 atom stereocenters. The number of carboxylic acid groups (broad SMARTS) is 1. The number of thiophene rings is 1. The van der Waals surface area contributed by atoms with E-state index in [9.17, 15) is 9.59 Å². The van der Waals surface area contributed by atoms with Crippen LogP contribution < -0.4 is 10.1 Å². The third kappa shape index (κ3) is 3.54. The van der Waals surface area contributed by atoms with Crippen LogP contribution in [-0.4, -0.2) is 30.6 Å². The summed E-state index contributed by atoms with van der Waals surface area (Å²) < 4.78 is 5.28. The molecular formula is C10H13NO4S. The molecule has 1 amide bonds. The summed E-state index contributed by atoms with van der Waals surface area (Å²) in [6.45, 7) is 0.338. The number of ether oxygens (including phenoxy) is 1. The number of hydrogen-bond acceptors (Lipinski definition) is 4. The zero-order valence-corrected chi connectivity index (χ0v) is 9.67. The first kappa shape index (κ1) is 12.5. The Balaban J connectivity index is 2.34. The molecule has 6 heteroatoms. The molecule has 0 radical (unpaired) electrons. The summed E-state index contributed by atoms with van der Waals surface area (Å²) in [4.78, 5) is 21.8. The fourth-order valence-corrected chi connectivity index (χ4v) is 1.78. The first-order valence-corrected chi connectivity index (χ1v) is 5.67. The quantitative estimate of drug-likeness (QED) is 0.739. The molecule has 16 heavy (non-hydrogen) atoms. The van der Waals surface area contributed by atoms with Gasteiger partial charge >= 0.3 is 5.97 Å². The van der Waals surface area contributed by atoms with Crippen LogP contribution in [-0.2, 0) is 4.79 Å². The van der Waals surface area contributed by atoms with Gasteiger partial charge in [-0.1, -0.05) is 0 Å². The molecule has 0 aromatic carbocycles. The van der Waals surface area contributed by atoms with Crippen LogP contribution in [0.4, 0.5) is 0 Å². The molecule has 88 valence electrons. The predicted octanol–water partition coefficient (Wildman–Crippen LogP) is 1.35. The lowest BCUT2D eigenvalue weighted by Gasteiger charge is -2.04. The molecule has 5 nitrogen and oxygen atoms in total.